The molecule has 1 fully saturated rings. The Morgan fingerprint density at radius 2 is 1.93 bits per heavy atom. The molecular weight excluding hydrogens is 361 g/mol. The van der Waals surface area contributed by atoms with Gasteiger partial charge < -0.3 is 14.9 Å². The van der Waals surface area contributed by atoms with Gasteiger partial charge >= 0.3 is 12.3 Å². The number of hydrogen-bond acceptors (Lipinski definition) is 2. The minimum absolute atomic E-state index is 0.00335. The first-order valence-electron chi connectivity index (χ1n) is 8.86. The predicted octanol–water partition coefficient (Wildman–Crippen LogP) is 4.34. The first-order chi connectivity index (χ1) is 12.4. The molecule has 5 nitrogen and oxygen atoms in total. The highest BCUT2D eigenvalue weighted by molar-refractivity contribution is 5.94. The van der Waals surface area contributed by atoms with Gasteiger partial charge in [0, 0.05) is 30.7 Å². The third kappa shape index (κ3) is 5.37. The van der Waals surface area contributed by atoms with E-state index < -0.39 is 29.3 Å². The first kappa shape index (κ1) is 21.1. The van der Waals surface area contributed by atoms with E-state index in [9.17, 15) is 27.9 Å². The van der Waals surface area contributed by atoms with Gasteiger partial charge in [-0.25, -0.2) is 4.79 Å². The van der Waals surface area contributed by atoms with Crippen LogP contribution in [0, 0.1) is 5.92 Å². The lowest BCUT2D eigenvalue weighted by molar-refractivity contribution is -0.137. The molecule has 0 spiro atoms. The second kappa shape index (κ2) is 7.78. The van der Waals surface area contributed by atoms with E-state index in [1.807, 2.05) is 0 Å². The Hall–Kier alpha value is -2.25. The quantitative estimate of drug-likeness (QED) is 0.841. The van der Waals surface area contributed by atoms with Crippen molar-refractivity contribution in [3.63, 3.8) is 0 Å². The fourth-order valence-corrected chi connectivity index (χ4v) is 3.31. The lowest BCUT2D eigenvalue weighted by atomic mass is 9.94. The molecular formula is C19H25F3N2O3. The van der Waals surface area contributed by atoms with Gasteiger partial charge in [-0.05, 0) is 57.7 Å². The molecule has 1 aromatic rings. The van der Waals surface area contributed by atoms with Gasteiger partial charge in [-0.1, -0.05) is 6.07 Å². The van der Waals surface area contributed by atoms with Crippen molar-refractivity contribution in [2.75, 3.05) is 19.6 Å². The molecule has 1 atom stereocenters. The number of benzene rings is 1. The number of likely N-dealkylation sites (tertiary alicyclic amines) is 1. The molecule has 1 N–H and O–H groups in total. The summed E-state index contributed by atoms with van der Waals surface area (Å²) in [6, 6.07) is 4.40. The minimum Gasteiger partial charge on any atom is -0.465 e. The lowest BCUT2D eigenvalue weighted by Gasteiger charge is -2.39. The largest absolute Gasteiger partial charge is 0.465 e. The SMILES string of the molecule is CC(C)(C)N(CC1CCCN(C(=O)c2cccc(C(F)(F)F)c2)C1)C(=O)O. The Morgan fingerprint density at radius 3 is 2.48 bits per heavy atom. The van der Waals surface area contributed by atoms with Crippen molar-refractivity contribution >= 4 is 12.0 Å². The van der Waals surface area contributed by atoms with Crippen molar-refractivity contribution in [2.24, 2.45) is 5.92 Å². The maximum absolute atomic E-state index is 12.9. The summed E-state index contributed by atoms with van der Waals surface area (Å²) in [4.78, 5) is 27.1. The first-order valence-corrected chi connectivity index (χ1v) is 8.86. The van der Waals surface area contributed by atoms with Crippen molar-refractivity contribution in [2.45, 2.75) is 45.3 Å². The molecule has 2 amide bonds. The summed E-state index contributed by atoms with van der Waals surface area (Å²) in [5, 5.41) is 9.44. The van der Waals surface area contributed by atoms with Crippen LogP contribution in [0.1, 0.15) is 49.5 Å². The molecule has 0 radical (unpaired) electrons. The normalized spacial score (nSPS) is 18.3. The molecule has 1 unspecified atom stereocenters. The van der Waals surface area contributed by atoms with E-state index in [1.54, 1.807) is 20.8 Å². The Kier molecular flexibility index (Phi) is 6.07. The number of hydrogen-bond donors (Lipinski definition) is 1. The van der Waals surface area contributed by atoms with E-state index in [1.165, 1.54) is 21.9 Å². The van der Waals surface area contributed by atoms with E-state index >= 15 is 0 Å². The zero-order valence-corrected chi connectivity index (χ0v) is 15.7. The molecule has 1 saturated heterocycles. The van der Waals surface area contributed by atoms with E-state index in [4.69, 9.17) is 0 Å². The number of alkyl halides is 3. The summed E-state index contributed by atoms with van der Waals surface area (Å²) >= 11 is 0. The van der Waals surface area contributed by atoms with Gasteiger partial charge in [0.2, 0.25) is 0 Å². The van der Waals surface area contributed by atoms with Crippen molar-refractivity contribution in [3.05, 3.63) is 35.4 Å². The summed E-state index contributed by atoms with van der Waals surface area (Å²) < 4.78 is 38.6. The molecule has 1 aliphatic rings. The number of carbonyl (C=O) groups excluding carboxylic acids is 1. The highest BCUT2D eigenvalue weighted by Crippen LogP contribution is 2.30. The Bertz CT molecular complexity index is 698. The van der Waals surface area contributed by atoms with Gasteiger partial charge in [0.25, 0.3) is 5.91 Å². The molecule has 0 aromatic heterocycles. The van der Waals surface area contributed by atoms with E-state index in [-0.39, 0.29) is 18.0 Å². The molecule has 2 rings (SSSR count). The van der Waals surface area contributed by atoms with Crippen LogP contribution in [0.4, 0.5) is 18.0 Å². The summed E-state index contributed by atoms with van der Waals surface area (Å²) in [5.74, 6) is -0.507. The van der Waals surface area contributed by atoms with E-state index in [2.05, 4.69) is 0 Å². The summed E-state index contributed by atoms with van der Waals surface area (Å²) in [6.45, 7) is 6.47. The zero-order chi connectivity index (χ0) is 20.4. The van der Waals surface area contributed by atoms with Gasteiger partial charge in [-0.2, -0.15) is 13.2 Å². The Balaban J connectivity index is 2.12. The zero-order valence-electron chi connectivity index (χ0n) is 15.7. The third-order valence-electron chi connectivity index (χ3n) is 4.72. The highest BCUT2D eigenvalue weighted by atomic mass is 19.4. The van der Waals surface area contributed by atoms with E-state index in [0.717, 1.165) is 18.6 Å². The molecule has 1 aromatic carbocycles. The van der Waals surface area contributed by atoms with Crippen LogP contribution in [0.15, 0.2) is 24.3 Å². The second-order valence-electron chi connectivity index (χ2n) is 7.90. The summed E-state index contributed by atoms with van der Waals surface area (Å²) in [6.07, 6.45) is -4.07. The number of nitrogens with zero attached hydrogens (tertiary/aromatic N) is 2. The average molecular weight is 386 g/mol. The number of rotatable bonds is 3. The van der Waals surface area contributed by atoms with Crippen molar-refractivity contribution in [1.29, 1.82) is 0 Å². The van der Waals surface area contributed by atoms with Gasteiger partial charge in [-0.3, -0.25) is 4.79 Å². The predicted molar refractivity (Wildman–Crippen MR) is 94.6 cm³/mol. The molecule has 0 bridgehead atoms. The number of amides is 2. The topological polar surface area (TPSA) is 60.9 Å². The molecule has 27 heavy (non-hydrogen) atoms. The minimum atomic E-state index is -4.50. The number of halogens is 3. The Labute approximate surface area is 156 Å². The number of carbonyl (C=O) groups is 2. The molecule has 0 saturated carbocycles. The number of carboxylic acid groups (broad SMARTS) is 1. The van der Waals surface area contributed by atoms with Crippen molar-refractivity contribution in [1.82, 2.24) is 9.80 Å². The molecule has 1 aliphatic heterocycles. The van der Waals surface area contributed by atoms with Crippen LogP contribution >= 0.6 is 0 Å². The summed E-state index contributed by atoms with van der Waals surface area (Å²) in [5.41, 5.74) is -1.43. The molecule has 1 heterocycles. The highest BCUT2D eigenvalue weighted by Gasteiger charge is 2.34. The van der Waals surface area contributed by atoms with Crippen LogP contribution in [0.3, 0.4) is 0 Å². The van der Waals surface area contributed by atoms with Crippen LogP contribution in [0.2, 0.25) is 0 Å². The Morgan fingerprint density at radius 1 is 1.26 bits per heavy atom. The van der Waals surface area contributed by atoms with Gasteiger partial charge in [-0.15, -0.1) is 0 Å². The van der Waals surface area contributed by atoms with E-state index in [0.29, 0.717) is 19.5 Å². The summed E-state index contributed by atoms with van der Waals surface area (Å²) in [7, 11) is 0. The monoisotopic (exact) mass is 386 g/mol. The van der Waals surface area contributed by atoms with Gasteiger partial charge in [0.15, 0.2) is 0 Å². The third-order valence-corrected chi connectivity index (χ3v) is 4.72. The van der Waals surface area contributed by atoms with Gasteiger partial charge in [0.1, 0.15) is 0 Å². The van der Waals surface area contributed by atoms with Crippen LogP contribution in [-0.2, 0) is 6.18 Å². The average Bonchev–Trinajstić information content (AvgIpc) is 2.57. The van der Waals surface area contributed by atoms with Crippen LogP contribution in [0.5, 0.6) is 0 Å². The fourth-order valence-electron chi connectivity index (χ4n) is 3.31. The fraction of sp³-hybridized carbons (Fsp3) is 0.579. The number of piperidine rings is 1. The van der Waals surface area contributed by atoms with Gasteiger partial charge in [0.05, 0.1) is 5.56 Å². The molecule has 150 valence electrons. The van der Waals surface area contributed by atoms with Crippen molar-refractivity contribution < 1.29 is 27.9 Å². The maximum atomic E-state index is 12.9. The molecule has 0 aliphatic carbocycles. The smallest absolute Gasteiger partial charge is 0.416 e. The van der Waals surface area contributed by atoms with Crippen molar-refractivity contribution in [3.8, 4) is 0 Å². The maximum Gasteiger partial charge on any atom is 0.416 e. The molecule has 8 heteroatoms. The standard InChI is InChI=1S/C19H25F3N2O3/c1-18(2,3)24(17(26)27)12-13-6-5-9-23(11-13)16(25)14-7-4-8-15(10-14)19(20,21)22/h4,7-8,10,13H,5-6,9,11-12H2,1-3H3,(H,26,27). The lowest BCUT2D eigenvalue weighted by Crippen LogP contribution is -2.50. The van der Waals surface area contributed by atoms with Crippen LogP contribution in [0.25, 0.3) is 0 Å². The van der Waals surface area contributed by atoms with Crippen LogP contribution in [-0.4, -0.2) is 52.1 Å². The second-order valence-corrected chi connectivity index (χ2v) is 7.90. The van der Waals surface area contributed by atoms with Crippen LogP contribution < -0.4 is 0 Å².